The molecule has 0 radical (unpaired) electrons. The summed E-state index contributed by atoms with van der Waals surface area (Å²) in [6, 6.07) is 0. The molecular formula is C3H10Br2N-. The molecule has 0 aliphatic carbocycles. The van der Waals surface area contributed by atoms with Crippen LogP contribution in [0.1, 0.15) is 13.3 Å². The van der Waals surface area contributed by atoms with E-state index < -0.39 is 0 Å². The normalized spacial score (nSPS) is 5.00. The molecule has 0 spiro atoms. The molecule has 0 aliphatic rings. The summed E-state index contributed by atoms with van der Waals surface area (Å²) in [5.41, 5.74) is 3.60. The molecule has 3 N–H and O–H groups in total. The maximum Gasteiger partial charge on any atom is 0.0737 e. The Balaban J connectivity index is -0.0000000450. The van der Waals surface area contributed by atoms with Crippen molar-refractivity contribution in [2.24, 2.45) is 0 Å². The second kappa shape index (κ2) is 16.8. The summed E-state index contributed by atoms with van der Waals surface area (Å²) in [7, 11) is 0. The summed E-state index contributed by atoms with van der Waals surface area (Å²) in [6.45, 7) is 3.19. The maximum absolute atomic E-state index is 3.60. The Labute approximate surface area is 59.8 Å². The van der Waals surface area contributed by atoms with Gasteiger partial charge in [-0.25, -0.2) is 0 Å². The number of halogens is 2. The van der Waals surface area contributed by atoms with Gasteiger partial charge in [0, 0.05) is 0 Å². The average molecular weight is 220 g/mol. The zero-order valence-corrected chi connectivity index (χ0v) is 7.05. The fraction of sp³-hybridized carbons (Fsp3) is 1.00. The lowest BCUT2D eigenvalue weighted by atomic mass is 10.5. The number of hydrogen-bond acceptors (Lipinski definition) is 0. The Morgan fingerprint density at radius 3 is 1.50 bits per heavy atom. The van der Waals surface area contributed by atoms with Crippen LogP contribution in [-0.4, -0.2) is 6.54 Å². The third kappa shape index (κ3) is 20.5. The zero-order valence-electron chi connectivity index (χ0n) is 3.88. The van der Waals surface area contributed by atoms with Crippen LogP contribution in [0.5, 0.6) is 0 Å². The van der Waals surface area contributed by atoms with Gasteiger partial charge >= 0.3 is 0 Å². The summed E-state index contributed by atoms with van der Waals surface area (Å²) in [5.74, 6) is 0. The molecule has 0 fully saturated rings. The van der Waals surface area contributed by atoms with Crippen LogP contribution in [0.4, 0.5) is 0 Å². The van der Waals surface area contributed by atoms with Crippen LogP contribution in [0.15, 0.2) is 0 Å². The van der Waals surface area contributed by atoms with E-state index in [2.05, 4.69) is 12.7 Å². The fourth-order valence-corrected chi connectivity index (χ4v) is 0. The van der Waals surface area contributed by atoms with Gasteiger partial charge in [-0.15, -0.1) is 0 Å². The van der Waals surface area contributed by atoms with E-state index in [-0.39, 0.29) is 34.0 Å². The van der Waals surface area contributed by atoms with Crippen LogP contribution < -0.4 is 39.7 Å². The molecule has 0 aromatic carbocycles. The fourth-order valence-electron chi connectivity index (χ4n) is 0. The molecule has 0 bridgehead atoms. The van der Waals surface area contributed by atoms with Gasteiger partial charge in [-0.05, 0) is 6.42 Å². The zero-order chi connectivity index (χ0) is 3.41. The van der Waals surface area contributed by atoms with E-state index in [0.29, 0.717) is 0 Å². The second-order valence-corrected chi connectivity index (χ2v) is 0.854. The van der Waals surface area contributed by atoms with Crippen molar-refractivity contribution in [2.75, 3.05) is 6.54 Å². The maximum atomic E-state index is 3.60. The van der Waals surface area contributed by atoms with Crippen molar-refractivity contribution in [1.29, 1.82) is 0 Å². The molecule has 0 saturated carbocycles. The first-order chi connectivity index (χ1) is 1.91. The van der Waals surface area contributed by atoms with E-state index in [1.807, 2.05) is 0 Å². The van der Waals surface area contributed by atoms with Crippen molar-refractivity contribution in [3.8, 4) is 0 Å². The lowest BCUT2D eigenvalue weighted by molar-refractivity contribution is -0.367. The monoisotopic (exact) mass is 218 g/mol. The Morgan fingerprint density at radius 2 is 1.50 bits per heavy atom. The minimum absolute atomic E-state index is 0. The van der Waals surface area contributed by atoms with E-state index in [4.69, 9.17) is 0 Å². The predicted molar refractivity (Wildman–Crippen MR) is 18.0 cm³/mol. The van der Waals surface area contributed by atoms with Gasteiger partial charge in [0.15, 0.2) is 0 Å². The third-order valence-electron chi connectivity index (χ3n) is 0.354. The Bertz CT molecular complexity index is 10.8. The van der Waals surface area contributed by atoms with E-state index >= 15 is 0 Å². The molecule has 0 aromatic heterocycles. The molecule has 0 aliphatic heterocycles. The third-order valence-corrected chi connectivity index (χ3v) is 0.354. The molecule has 0 heterocycles. The molecule has 42 valence electrons. The summed E-state index contributed by atoms with van der Waals surface area (Å²) < 4.78 is 0. The van der Waals surface area contributed by atoms with Crippen molar-refractivity contribution in [1.82, 2.24) is 0 Å². The molecular weight excluding hydrogens is 210 g/mol. The topological polar surface area (TPSA) is 27.6 Å². The smallest absolute Gasteiger partial charge is 0.0737 e. The summed E-state index contributed by atoms with van der Waals surface area (Å²) >= 11 is 0. The standard InChI is InChI=1S/C3H9N.2BrH/c1-2-3-4;;/h2-4H2,1H3;2*1H/p-1. The molecule has 3 heteroatoms. The molecule has 0 unspecified atom stereocenters. The number of rotatable bonds is 1. The Kier molecular flexibility index (Phi) is 44.2. The van der Waals surface area contributed by atoms with Crippen molar-refractivity contribution in [3.63, 3.8) is 0 Å². The van der Waals surface area contributed by atoms with Crippen LogP contribution >= 0.6 is 0 Å². The largest absolute Gasteiger partial charge is 1.00 e. The lowest BCUT2D eigenvalue weighted by Gasteiger charge is -1.66. The first-order valence-corrected chi connectivity index (χ1v) is 1.71. The molecule has 0 rings (SSSR count). The van der Waals surface area contributed by atoms with Gasteiger partial charge in [0.1, 0.15) is 0 Å². The second-order valence-electron chi connectivity index (χ2n) is 0.854. The summed E-state index contributed by atoms with van der Waals surface area (Å²) in [6.07, 6.45) is 1.21. The van der Waals surface area contributed by atoms with Crippen molar-refractivity contribution < 1.29 is 39.7 Å². The molecule has 1 nitrogen and oxygen atoms in total. The van der Waals surface area contributed by atoms with Gasteiger partial charge in [-0.2, -0.15) is 0 Å². The minimum atomic E-state index is 0. The highest BCUT2D eigenvalue weighted by Gasteiger charge is 1.59. The molecule has 0 saturated heterocycles. The first-order valence-electron chi connectivity index (χ1n) is 1.71. The highest BCUT2D eigenvalue weighted by molar-refractivity contribution is 4.07. The molecule has 0 atom stereocenters. The van der Waals surface area contributed by atoms with E-state index in [1.54, 1.807) is 0 Å². The Morgan fingerprint density at radius 1 is 1.33 bits per heavy atom. The lowest BCUT2D eigenvalue weighted by Crippen LogP contribution is -3.00. The van der Waals surface area contributed by atoms with Crippen LogP contribution in [0, 0.1) is 0 Å². The van der Waals surface area contributed by atoms with Gasteiger partial charge in [-0.3, -0.25) is 0 Å². The summed E-state index contributed by atoms with van der Waals surface area (Å²) in [5, 5.41) is 0. The first kappa shape index (κ1) is 15.8. The quantitative estimate of drug-likeness (QED) is 0.455. The van der Waals surface area contributed by atoms with E-state index in [1.165, 1.54) is 6.42 Å². The van der Waals surface area contributed by atoms with Crippen LogP contribution in [0.25, 0.3) is 0 Å². The van der Waals surface area contributed by atoms with Gasteiger partial charge in [-0.1, -0.05) is 6.92 Å². The minimum Gasteiger partial charge on any atom is -1.00 e. The molecule has 0 amide bonds. The summed E-state index contributed by atoms with van der Waals surface area (Å²) in [4.78, 5) is 0. The van der Waals surface area contributed by atoms with Crippen molar-refractivity contribution in [3.05, 3.63) is 0 Å². The van der Waals surface area contributed by atoms with Crippen LogP contribution in [0.2, 0.25) is 0 Å². The number of hydrogen-bond donors (Lipinski definition) is 1. The predicted octanol–water partition coefficient (Wildman–Crippen LogP) is -6.35. The van der Waals surface area contributed by atoms with Gasteiger partial charge < -0.3 is 39.7 Å². The van der Waals surface area contributed by atoms with Crippen LogP contribution in [0.3, 0.4) is 0 Å². The highest BCUT2D eigenvalue weighted by atomic mass is 79.9. The van der Waals surface area contributed by atoms with Crippen molar-refractivity contribution >= 4 is 0 Å². The van der Waals surface area contributed by atoms with E-state index in [9.17, 15) is 0 Å². The van der Waals surface area contributed by atoms with Gasteiger partial charge in [0.2, 0.25) is 0 Å². The van der Waals surface area contributed by atoms with E-state index in [0.717, 1.165) is 6.54 Å². The SMILES string of the molecule is CCC[NH3+].[Br-].[Br-]. The Hall–Kier alpha value is 0.920. The number of quaternary nitrogens is 1. The highest BCUT2D eigenvalue weighted by Crippen LogP contribution is 1.54. The van der Waals surface area contributed by atoms with Gasteiger partial charge in [0.05, 0.1) is 6.54 Å². The average Bonchev–Trinajstić information content (AvgIpc) is 1.37. The van der Waals surface area contributed by atoms with Crippen molar-refractivity contribution in [2.45, 2.75) is 13.3 Å². The van der Waals surface area contributed by atoms with Crippen LogP contribution in [-0.2, 0) is 0 Å². The molecule has 0 aromatic rings. The molecule has 6 heavy (non-hydrogen) atoms. The van der Waals surface area contributed by atoms with Gasteiger partial charge in [0.25, 0.3) is 0 Å².